The van der Waals surface area contributed by atoms with Gasteiger partial charge in [-0.05, 0) is 48.5 Å². The molecule has 0 N–H and O–H groups in total. The molecule has 0 heterocycles. The van der Waals surface area contributed by atoms with Crippen LogP contribution in [0.5, 0.6) is 0 Å². The monoisotopic (exact) mass is 1120 g/mol. The Labute approximate surface area is 420 Å². The first-order chi connectivity index (χ1) is 36.3. The maximum Gasteiger partial charge on any atom is 0.337 e. The summed E-state index contributed by atoms with van der Waals surface area (Å²) in [6, 6.07) is 37.7. The van der Waals surface area contributed by atoms with Gasteiger partial charge in [0.15, 0.2) is 69.8 Å². The highest BCUT2D eigenvalue weighted by atomic mass is 31.2. The average molecular weight is 1120 g/mol. The third-order valence-electron chi connectivity index (χ3n) is 12.3. The van der Waals surface area contributed by atoms with Crippen molar-refractivity contribution < 1.29 is 102 Å². The first-order valence-electron chi connectivity index (χ1n) is 21.3. The Balaban J connectivity index is 0.000000236. The Morgan fingerprint density at radius 3 is 0.753 bits per heavy atom. The van der Waals surface area contributed by atoms with Crippen LogP contribution in [0.4, 0.5) is 87.8 Å². The summed E-state index contributed by atoms with van der Waals surface area (Å²) in [5.41, 5.74) is -13.3. The smallest absolute Gasteiger partial charge is 0.337 e. The summed E-state index contributed by atoms with van der Waals surface area (Å²) in [6.07, 6.45) is -6.85. The number of benzene rings is 8. The molecule has 3 nitrogen and oxygen atoms in total. The van der Waals surface area contributed by atoms with E-state index in [-0.39, 0.29) is 5.78 Å². The number of carbonyl (C=O) groups excluding carboxylic acids is 2. The second kappa shape index (κ2) is 21.9. The van der Waals surface area contributed by atoms with E-state index in [1.807, 2.05) is 54.6 Å². The van der Waals surface area contributed by atoms with Gasteiger partial charge in [-0.15, -0.1) is 21.9 Å². The molecule has 0 atom stereocenters. The van der Waals surface area contributed by atoms with E-state index in [1.54, 1.807) is 24.3 Å². The molecule has 77 heavy (non-hydrogen) atoms. The predicted molar refractivity (Wildman–Crippen MR) is 241 cm³/mol. The molecule has 0 amide bonds. The Kier molecular flexibility index (Phi) is 16.1. The number of hydrogen-bond acceptors (Lipinski definition) is 3. The second-order valence-electron chi connectivity index (χ2n) is 16.3. The van der Waals surface area contributed by atoms with Crippen LogP contribution in [-0.2, 0) is 4.74 Å². The van der Waals surface area contributed by atoms with Crippen LogP contribution in [0.1, 0.15) is 20.7 Å². The fourth-order valence-corrected chi connectivity index (χ4v) is 13.0. The summed E-state index contributed by atoms with van der Waals surface area (Å²) >= 11 is 0. The minimum Gasteiger partial charge on any atom is -0.465 e. The number of hydrogen-bond donors (Lipinski definition) is 0. The first-order valence-corrected chi connectivity index (χ1v) is 23.3. The standard InChI is InChI=1S/C28H24O3P.C24BF20/c1-31-28(30)23-19-17-22(18-20-23)27(29)21-32(24-11-5-2-6-12-24,25-13-7-3-8-14-25)26-15-9-4-10-16-26;26-5-1(6(27)14(35)21(42)13(5)34)25(2-7(28)15(36)22(43)16(37)8(2)29,3-9(30)17(38)23(44)18(39)10(3)31)4-11(32)19(40)24(45)20(41)12(4)33/h2-20H,21H2,1H3;/q+1;-1. The molecular weight excluding hydrogens is 1090 g/mol. The Morgan fingerprint density at radius 2 is 0.532 bits per heavy atom. The van der Waals surface area contributed by atoms with E-state index in [0.717, 1.165) is 15.9 Å². The third-order valence-corrected chi connectivity index (χ3v) is 16.6. The number of ether oxygens (including phenoxy) is 1. The fraction of sp³-hybridized carbons (Fsp3) is 0.0385. The van der Waals surface area contributed by atoms with Crippen LogP contribution >= 0.6 is 7.26 Å². The van der Waals surface area contributed by atoms with Crippen molar-refractivity contribution in [3.63, 3.8) is 0 Å². The maximum absolute atomic E-state index is 15.4. The number of esters is 1. The number of rotatable bonds is 11. The van der Waals surface area contributed by atoms with Crippen LogP contribution in [0.2, 0.25) is 0 Å². The SMILES string of the molecule is COC(=O)c1ccc(C(=O)C[P+](c2ccccc2)(c2ccccc2)c2ccccc2)cc1.Fc1c(F)c(F)c([B-](c2c(F)c(F)c(F)c(F)c2F)(c2c(F)c(F)c(F)c(F)c2F)c2c(F)c(F)c(F)c(F)c2F)c(F)c1F. The van der Waals surface area contributed by atoms with Crippen molar-refractivity contribution in [2.75, 3.05) is 13.3 Å². The highest BCUT2D eigenvalue weighted by Gasteiger charge is 2.53. The summed E-state index contributed by atoms with van der Waals surface area (Å²) in [5.74, 6) is -71.8. The largest absolute Gasteiger partial charge is 0.465 e. The van der Waals surface area contributed by atoms with Gasteiger partial charge in [0.05, 0.1) is 12.7 Å². The van der Waals surface area contributed by atoms with E-state index >= 15 is 35.1 Å². The molecular formula is C52H24BF20O3P. The third kappa shape index (κ3) is 9.24. The van der Waals surface area contributed by atoms with Crippen molar-refractivity contribution in [3.05, 3.63) is 243 Å². The summed E-state index contributed by atoms with van der Waals surface area (Å²) in [6.45, 7) is 0. The zero-order valence-electron chi connectivity index (χ0n) is 38.0. The molecule has 8 rings (SSSR count). The number of Topliss-reactive ketones (excluding diaryl/α,β-unsaturated/α-hetero) is 1. The lowest BCUT2D eigenvalue weighted by atomic mass is 9.12. The van der Waals surface area contributed by atoms with Crippen molar-refractivity contribution in [2.24, 2.45) is 0 Å². The molecule has 0 aromatic heterocycles. The fourth-order valence-electron chi connectivity index (χ4n) is 8.86. The van der Waals surface area contributed by atoms with E-state index in [4.69, 9.17) is 4.74 Å². The van der Waals surface area contributed by atoms with Gasteiger partial charge in [0, 0.05) is 5.56 Å². The molecule has 0 spiro atoms. The van der Waals surface area contributed by atoms with Crippen LogP contribution in [0.15, 0.2) is 115 Å². The maximum atomic E-state index is 15.4. The van der Waals surface area contributed by atoms with E-state index in [9.17, 15) is 62.3 Å². The van der Waals surface area contributed by atoms with Crippen molar-refractivity contribution >= 4 is 62.9 Å². The topological polar surface area (TPSA) is 43.4 Å². The van der Waals surface area contributed by atoms with Crippen molar-refractivity contribution in [2.45, 2.75) is 0 Å². The van der Waals surface area contributed by atoms with Gasteiger partial charge in [-0.1, -0.05) is 66.7 Å². The van der Waals surface area contributed by atoms with Gasteiger partial charge in [0.2, 0.25) is 5.78 Å². The summed E-state index contributed by atoms with van der Waals surface area (Å²) in [5, 5.41) is 3.49. The summed E-state index contributed by atoms with van der Waals surface area (Å²) < 4.78 is 299. The molecule has 8 aromatic rings. The summed E-state index contributed by atoms with van der Waals surface area (Å²) in [4.78, 5) is 25.4. The number of halogens is 20. The molecule has 0 saturated heterocycles. The molecule has 0 aliphatic carbocycles. The van der Waals surface area contributed by atoms with Crippen molar-refractivity contribution in [1.29, 1.82) is 0 Å². The van der Waals surface area contributed by atoms with Crippen LogP contribution in [-0.4, -0.2) is 31.2 Å². The van der Waals surface area contributed by atoms with Crippen LogP contribution < -0.4 is 37.8 Å². The summed E-state index contributed by atoms with van der Waals surface area (Å²) in [7, 11) is -0.906. The van der Waals surface area contributed by atoms with Crippen molar-refractivity contribution in [3.8, 4) is 0 Å². The van der Waals surface area contributed by atoms with Crippen molar-refractivity contribution in [1.82, 2.24) is 0 Å². The molecule has 0 saturated carbocycles. The lowest BCUT2D eigenvalue weighted by molar-refractivity contribution is 0.0600. The van der Waals surface area contributed by atoms with Gasteiger partial charge in [-0.25, -0.2) is 92.6 Å². The molecule has 0 unspecified atom stereocenters. The predicted octanol–water partition coefficient (Wildman–Crippen LogP) is 10.5. The highest BCUT2D eigenvalue weighted by molar-refractivity contribution is 7.96. The van der Waals surface area contributed by atoms with E-state index in [1.165, 1.54) is 7.11 Å². The van der Waals surface area contributed by atoms with Crippen LogP contribution in [0.25, 0.3) is 0 Å². The van der Waals surface area contributed by atoms with E-state index < -0.39 is 158 Å². The van der Waals surface area contributed by atoms with Crippen LogP contribution in [0, 0.1) is 116 Å². The molecule has 0 aliphatic rings. The lowest BCUT2D eigenvalue weighted by Gasteiger charge is -2.44. The van der Waals surface area contributed by atoms with Crippen LogP contribution in [0.3, 0.4) is 0 Å². The van der Waals surface area contributed by atoms with E-state index in [2.05, 4.69) is 36.4 Å². The quantitative estimate of drug-likeness (QED) is 0.0247. The van der Waals surface area contributed by atoms with E-state index in [0.29, 0.717) is 17.3 Å². The first kappa shape index (κ1) is 56.7. The van der Waals surface area contributed by atoms with Gasteiger partial charge in [0.1, 0.15) is 82.0 Å². The highest BCUT2D eigenvalue weighted by Crippen LogP contribution is 2.55. The number of ketones is 1. The van der Waals surface area contributed by atoms with Gasteiger partial charge in [-0.3, -0.25) is 4.79 Å². The Bertz CT molecular complexity index is 3150. The molecule has 0 radical (unpaired) electrons. The second-order valence-corrected chi connectivity index (χ2v) is 19.8. The zero-order valence-corrected chi connectivity index (χ0v) is 38.9. The number of carbonyl (C=O) groups is 2. The molecule has 398 valence electrons. The Hall–Kier alpha value is -8.01. The molecule has 0 fully saturated rings. The molecule has 25 heteroatoms. The van der Waals surface area contributed by atoms with Gasteiger partial charge in [0.25, 0.3) is 0 Å². The Morgan fingerprint density at radius 1 is 0.325 bits per heavy atom. The zero-order chi connectivity index (χ0) is 56.7. The van der Waals surface area contributed by atoms with Gasteiger partial charge < -0.3 is 4.74 Å². The normalized spacial score (nSPS) is 11.6. The minimum atomic E-state index is -7.22. The molecule has 8 aromatic carbocycles. The van der Waals surface area contributed by atoms with Gasteiger partial charge >= 0.3 is 5.97 Å². The average Bonchev–Trinajstić information content (AvgIpc) is 3.51. The molecule has 0 bridgehead atoms. The molecule has 0 aliphatic heterocycles. The minimum absolute atomic E-state index is 0.0475. The van der Waals surface area contributed by atoms with Gasteiger partial charge in [-0.2, -0.15) is 0 Å². The number of methoxy groups -OCH3 is 1. The lowest BCUT2D eigenvalue weighted by Crippen LogP contribution is -2.81.